The van der Waals surface area contributed by atoms with Crippen molar-refractivity contribution in [3.05, 3.63) is 47.8 Å². The standard InChI is InChI=1S/C29H38N2O4/c1-3-18-16(2)14-22-20(18)10-11-21-19-6-4-8-26(33)30-13-5-7-24-28(34)27(29(35)31-24)25(32)12-9-17(19)15-23(21)22/h4,8-12,16-24,32H,3,5-7,13-15H2,1-2H3,(H,30,33)(H,31,35)/b8-4?,12-9+,27-25?/t16-,17-,18-,19+,20+,21-,22+,23+,24+/m1/s1. The van der Waals surface area contributed by atoms with E-state index in [4.69, 9.17) is 0 Å². The van der Waals surface area contributed by atoms with Gasteiger partial charge in [-0.05, 0) is 91.6 Å². The quantitative estimate of drug-likeness (QED) is 0.392. The van der Waals surface area contributed by atoms with Crippen LogP contribution in [0, 0.1) is 47.3 Å². The van der Waals surface area contributed by atoms with Gasteiger partial charge in [0.2, 0.25) is 5.91 Å². The van der Waals surface area contributed by atoms with Crippen molar-refractivity contribution in [3.63, 3.8) is 0 Å². The van der Waals surface area contributed by atoms with Crippen molar-refractivity contribution in [1.29, 1.82) is 0 Å². The molecule has 0 radical (unpaired) electrons. The highest BCUT2D eigenvalue weighted by atomic mass is 16.3. The fourth-order valence-electron chi connectivity index (χ4n) is 7.92. The first-order valence-electron chi connectivity index (χ1n) is 13.5. The minimum absolute atomic E-state index is 0.117. The van der Waals surface area contributed by atoms with Gasteiger partial charge in [-0.3, -0.25) is 14.4 Å². The van der Waals surface area contributed by atoms with E-state index in [-0.39, 0.29) is 28.9 Å². The first kappa shape index (κ1) is 24.1. The second kappa shape index (κ2) is 9.79. The Kier molecular flexibility index (Phi) is 6.73. The molecule has 2 aliphatic heterocycles. The van der Waals surface area contributed by atoms with Crippen LogP contribution in [0.25, 0.3) is 0 Å². The van der Waals surface area contributed by atoms with Crippen LogP contribution in [-0.2, 0) is 14.4 Å². The topological polar surface area (TPSA) is 95.5 Å². The number of hydrogen-bond donors (Lipinski definition) is 3. The Morgan fingerprint density at radius 1 is 1.00 bits per heavy atom. The smallest absolute Gasteiger partial charge is 0.259 e. The maximum atomic E-state index is 12.8. The fourth-order valence-corrected chi connectivity index (χ4v) is 7.92. The number of carbonyl (C=O) groups is 3. The van der Waals surface area contributed by atoms with Gasteiger partial charge in [-0.15, -0.1) is 0 Å². The van der Waals surface area contributed by atoms with Crippen molar-refractivity contribution in [3.8, 4) is 0 Å². The Labute approximate surface area is 208 Å². The lowest BCUT2D eigenvalue weighted by atomic mass is 9.69. The molecule has 0 aromatic carbocycles. The molecule has 0 spiro atoms. The maximum Gasteiger partial charge on any atom is 0.259 e. The van der Waals surface area contributed by atoms with Crippen LogP contribution >= 0.6 is 0 Å². The van der Waals surface area contributed by atoms with Gasteiger partial charge in [0.1, 0.15) is 11.3 Å². The molecule has 0 aromatic rings. The van der Waals surface area contributed by atoms with Gasteiger partial charge >= 0.3 is 0 Å². The highest BCUT2D eigenvalue weighted by Crippen LogP contribution is 2.59. The minimum atomic E-state index is -0.645. The normalized spacial score (nSPS) is 42.3. The monoisotopic (exact) mass is 478 g/mol. The molecule has 2 amide bonds. The van der Waals surface area contributed by atoms with Gasteiger partial charge < -0.3 is 15.7 Å². The summed E-state index contributed by atoms with van der Waals surface area (Å²) in [5.74, 6) is 3.16. The molecular formula is C29H38N2O4. The van der Waals surface area contributed by atoms with Gasteiger partial charge in [-0.25, -0.2) is 0 Å². The second-order valence-corrected chi connectivity index (χ2v) is 11.3. The third kappa shape index (κ3) is 4.41. The SMILES string of the molecule is CC[C@H]1[C@@H]2C=C[C@@H]3[C@H]4CC=CC(=O)NCCC[C@@H]5NC(=O)C(=C(O)/C=C/[C@@H]4C[C@@H]3[C@H]2C[C@H]1C)C5=O. The second-order valence-electron chi connectivity index (χ2n) is 11.3. The Hall–Kier alpha value is -2.63. The zero-order valence-electron chi connectivity index (χ0n) is 20.8. The molecule has 3 N–H and O–H groups in total. The molecule has 5 rings (SSSR count). The molecule has 3 fully saturated rings. The lowest BCUT2D eigenvalue weighted by molar-refractivity contribution is -0.118. The van der Waals surface area contributed by atoms with E-state index in [0.717, 1.165) is 24.7 Å². The maximum absolute atomic E-state index is 12.8. The summed E-state index contributed by atoms with van der Waals surface area (Å²) in [4.78, 5) is 37.6. The molecule has 35 heavy (non-hydrogen) atoms. The molecule has 6 nitrogen and oxygen atoms in total. The van der Waals surface area contributed by atoms with E-state index >= 15 is 0 Å². The number of ketones is 1. The van der Waals surface area contributed by atoms with Crippen molar-refractivity contribution in [2.45, 2.75) is 58.4 Å². The summed E-state index contributed by atoms with van der Waals surface area (Å²) in [7, 11) is 0. The van der Waals surface area contributed by atoms with E-state index in [0.29, 0.717) is 49.0 Å². The van der Waals surface area contributed by atoms with Crippen LogP contribution in [0.5, 0.6) is 0 Å². The number of aliphatic hydroxyl groups is 1. The molecule has 3 aliphatic carbocycles. The molecule has 2 saturated carbocycles. The van der Waals surface area contributed by atoms with Gasteiger partial charge in [-0.2, -0.15) is 0 Å². The molecule has 2 bridgehead atoms. The average Bonchev–Trinajstić information content (AvgIpc) is 3.44. The van der Waals surface area contributed by atoms with Gasteiger partial charge in [0.05, 0.1) is 6.04 Å². The molecule has 188 valence electrons. The predicted octanol–water partition coefficient (Wildman–Crippen LogP) is 4.02. The summed E-state index contributed by atoms with van der Waals surface area (Å²) >= 11 is 0. The number of Topliss-reactive ketones (excluding diaryl/α,β-unsaturated/α-hetero) is 1. The van der Waals surface area contributed by atoms with E-state index in [1.54, 1.807) is 12.2 Å². The third-order valence-electron chi connectivity index (χ3n) is 9.52. The molecule has 9 atom stereocenters. The van der Waals surface area contributed by atoms with Crippen LogP contribution < -0.4 is 10.6 Å². The minimum Gasteiger partial charge on any atom is -0.507 e. The third-order valence-corrected chi connectivity index (χ3v) is 9.52. The van der Waals surface area contributed by atoms with E-state index in [2.05, 4.69) is 36.6 Å². The number of rotatable bonds is 1. The Bertz CT molecular complexity index is 1010. The van der Waals surface area contributed by atoms with Crippen molar-refractivity contribution < 1.29 is 19.5 Å². The summed E-state index contributed by atoms with van der Waals surface area (Å²) in [5, 5.41) is 16.3. The van der Waals surface area contributed by atoms with Gasteiger partial charge in [0.15, 0.2) is 5.78 Å². The van der Waals surface area contributed by atoms with Crippen LogP contribution in [0.3, 0.4) is 0 Å². The summed E-state index contributed by atoms with van der Waals surface area (Å²) in [6, 6.07) is -0.645. The Morgan fingerprint density at radius 3 is 2.57 bits per heavy atom. The Morgan fingerprint density at radius 2 is 1.77 bits per heavy atom. The van der Waals surface area contributed by atoms with E-state index in [1.807, 2.05) is 12.2 Å². The van der Waals surface area contributed by atoms with Crippen LogP contribution in [-0.4, -0.2) is 35.3 Å². The van der Waals surface area contributed by atoms with Crippen molar-refractivity contribution in [2.75, 3.05) is 6.54 Å². The van der Waals surface area contributed by atoms with Crippen LogP contribution in [0.1, 0.15) is 52.4 Å². The number of fused-ring (bicyclic) bond motifs is 7. The number of allylic oxidation sites excluding steroid dienone is 5. The van der Waals surface area contributed by atoms with Crippen molar-refractivity contribution in [2.24, 2.45) is 47.3 Å². The van der Waals surface area contributed by atoms with Crippen LogP contribution in [0.15, 0.2) is 47.8 Å². The lowest BCUT2D eigenvalue weighted by Gasteiger charge is -2.35. The molecule has 0 unspecified atom stereocenters. The average molecular weight is 479 g/mol. The zero-order valence-corrected chi connectivity index (χ0v) is 20.8. The largest absolute Gasteiger partial charge is 0.507 e. The first-order chi connectivity index (χ1) is 16.9. The van der Waals surface area contributed by atoms with E-state index < -0.39 is 11.9 Å². The molecule has 0 aromatic heterocycles. The number of nitrogens with one attached hydrogen (secondary N) is 2. The van der Waals surface area contributed by atoms with E-state index in [1.165, 1.54) is 12.8 Å². The van der Waals surface area contributed by atoms with Crippen molar-refractivity contribution in [1.82, 2.24) is 10.6 Å². The van der Waals surface area contributed by atoms with Gasteiger partial charge in [0, 0.05) is 6.54 Å². The van der Waals surface area contributed by atoms with Gasteiger partial charge in [-0.1, -0.05) is 44.6 Å². The highest BCUT2D eigenvalue weighted by molar-refractivity contribution is 6.27. The molecule has 1 saturated heterocycles. The number of carbonyl (C=O) groups excluding carboxylic acids is 3. The van der Waals surface area contributed by atoms with Crippen molar-refractivity contribution >= 4 is 17.6 Å². The number of amides is 2. The summed E-state index contributed by atoms with van der Waals surface area (Å²) in [5.41, 5.74) is -0.135. The fraction of sp³-hybridized carbons (Fsp3) is 0.621. The molecule has 5 aliphatic rings. The number of hydrogen-bond acceptors (Lipinski definition) is 4. The van der Waals surface area contributed by atoms with Crippen LogP contribution in [0.4, 0.5) is 0 Å². The first-order valence-corrected chi connectivity index (χ1v) is 13.5. The number of aliphatic hydroxyl groups excluding tert-OH is 1. The molecule has 2 heterocycles. The summed E-state index contributed by atoms with van der Waals surface area (Å²) in [6.45, 7) is 5.14. The molecular weight excluding hydrogens is 440 g/mol. The predicted molar refractivity (Wildman–Crippen MR) is 134 cm³/mol. The van der Waals surface area contributed by atoms with Crippen LogP contribution in [0.2, 0.25) is 0 Å². The highest BCUT2D eigenvalue weighted by Gasteiger charge is 2.52. The Balaban J connectivity index is 1.46. The zero-order chi connectivity index (χ0) is 24.7. The summed E-state index contributed by atoms with van der Waals surface area (Å²) < 4.78 is 0. The summed E-state index contributed by atoms with van der Waals surface area (Å²) in [6.07, 6.45) is 17.4. The lowest BCUT2D eigenvalue weighted by Crippen LogP contribution is -2.31. The van der Waals surface area contributed by atoms with Gasteiger partial charge in [0.25, 0.3) is 5.91 Å². The molecule has 6 heteroatoms. The van der Waals surface area contributed by atoms with E-state index in [9.17, 15) is 19.5 Å².